The Kier molecular flexibility index (Phi) is 11.8. The van der Waals surface area contributed by atoms with E-state index in [-0.39, 0.29) is 29.8 Å². The van der Waals surface area contributed by atoms with Crippen LogP contribution in [0.1, 0.15) is 18.9 Å². The molecule has 3 nitrogen and oxygen atoms in total. The van der Waals surface area contributed by atoms with E-state index in [1.165, 1.54) is 12.1 Å². The summed E-state index contributed by atoms with van der Waals surface area (Å²) in [5, 5.41) is 3.29. The number of nitrogens with zero attached hydrogens (tertiary/aromatic N) is 2. The fourth-order valence-electron chi connectivity index (χ4n) is 1.80. The van der Waals surface area contributed by atoms with Crippen LogP contribution in [0.15, 0.2) is 29.3 Å². The van der Waals surface area contributed by atoms with E-state index < -0.39 is 0 Å². The molecule has 0 heterocycles. The highest BCUT2D eigenvalue weighted by Crippen LogP contribution is 2.06. The van der Waals surface area contributed by atoms with Crippen LogP contribution in [-0.2, 0) is 6.54 Å². The molecular formula is C15H25FIN3S. The van der Waals surface area contributed by atoms with E-state index in [1.54, 1.807) is 0 Å². The fraction of sp³-hybridized carbons (Fsp3) is 0.533. The van der Waals surface area contributed by atoms with Crippen LogP contribution in [0.2, 0.25) is 0 Å². The predicted octanol–water partition coefficient (Wildman–Crippen LogP) is 3.59. The first-order chi connectivity index (χ1) is 9.67. The third kappa shape index (κ3) is 8.50. The van der Waals surface area contributed by atoms with E-state index in [1.807, 2.05) is 30.9 Å². The lowest BCUT2D eigenvalue weighted by Crippen LogP contribution is -2.38. The van der Waals surface area contributed by atoms with Gasteiger partial charge in [0.2, 0.25) is 0 Å². The zero-order chi connectivity index (χ0) is 14.8. The van der Waals surface area contributed by atoms with Gasteiger partial charge in [0.15, 0.2) is 5.96 Å². The lowest BCUT2D eigenvalue weighted by Gasteiger charge is -2.22. The van der Waals surface area contributed by atoms with Crippen molar-refractivity contribution in [3.05, 3.63) is 35.6 Å². The second kappa shape index (κ2) is 12.1. The first-order valence-electron chi connectivity index (χ1n) is 6.90. The summed E-state index contributed by atoms with van der Waals surface area (Å²) in [5.74, 6) is 1.83. The first-order valence-corrected chi connectivity index (χ1v) is 8.29. The third-order valence-electron chi connectivity index (χ3n) is 2.80. The minimum atomic E-state index is -0.200. The minimum absolute atomic E-state index is 0. The van der Waals surface area contributed by atoms with Gasteiger partial charge in [-0.15, -0.1) is 24.0 Å². The molecule has 0 unspecified atom stereocenters. The molecule has 1 aromatic rings. The number of benzene rings is 1. The van der Waals surface area contributed by atoms with Gasteiger partial charge >= 0.3 is 0 Å². The lowest BCUT2D eigenvalue weighted by atomic mass is 10.2. The molecule has 0 atom stereocenters. The van der Waals surface area contributed by atoms with Crippen LogP contribution >= 0.6 is 35.7 Å². The Morgan fingerprint density at radius 2 is 2.00 bits per heavy atom. The second-order valence-corrected chi connectivity index (χ2v) is 5.55. The van der Waals surface area contributed by atoms with E-state index in [0.29, 0.717) is 6.54 Å². The lowest BCUT2D eigenvalue weighted by molar-refractivity contribution is 0.476. The number of guanidine groups is 1. The number of hydrogen-bond donors (Lipinski definition) is 1. The van der Waals surface area contributed by atoms with Gasteiger partial charge in [-0.1, -0.05) is 12.1 Å². The first kappa shape index (κ1) is 20.5. The van der Waals surface area contributed by atoms with Crippen LogP contribution in [0.25, 0.3) is 0 Å². The van der Waals surface area contributed by atoms with Crippen LogP contribution in [-0.4, -0.2) is 43.0 Å². The molecule has 0 aromatic heterocycles. The molecule has 1 aromatic carbocycles. The van der Waals surface area contributed by atoms with Gasteiger partial charge in [-0.2, -0.15) is 11.8 Å². The smallest absolute Gasteiger partial charge is 0.193 e. The topological polar surface area (TPSA) is 27.6 Å². The SMILES string of the molecule is CCNC(=NCCCSC)N(C)Cc1ccc(F)cc1.I. The van der Waals surface area contributed by atoms with Crippen LogP contribution in [0.3, 0.4) is 0 Å². The number of hydrogen-bond acceptors (Lipinski definition) is 2. The van der Waals surface area contributed by atoms with Gasteiger partial charge in [-0.3, -0.25) is 4.99 Å². The van der Waals surface area contributed by atoms with Crippen LogP contribution < -0.4 is 5.32 Å². The van der Waals surface area contributed by atoms with Crippen LogP contribution in [0.5, 0.6) is 0 Å². The molecule has 0 saturated heterocycles. The van der Waals surface area contributed by atoms with E-state index in [0.717, 1.165) is 36.8 Å². The molecule has 1 N–H and O–H groups in total. The summed E-state index contributed by atoms with van der Waals surface area (Å²) in [6.45, 7) is 4.45. The largest absolute Gasteiger partial charge is 0.357 e. The normalized spacial score (nSPS) is 11.0. The third-order valence-corrected chi connectivity index (χ3v) is 3.49. The molecular weight excluding hydrogens is 400 g/mol. The zero-order valence-corrected chi connectivity index (χ0v) is 16.1. The molecule has 6 heteroatoms. The van der Waals surface area contributed by atoms with Crippen molar-refractivity contribution in [2.24, 2.45) is 4.99 Å². The summed E-state index contributed by atoms with van der Waals surface area (Å²) >= 11 is 1.84. The number of rotatable bonds is 7. The molecule has 0 aliphatic carbocycles. The average Bonchev–Trinajstić information content (AvgIpc) is 2.44. The predicted molar refractivity (Wildman–Crippen MR) is 102 cm³/mol. The standard InChI is InChI=1S/C15H24FN3S.HI/c1-4-17-15(18-10-5-11-20-3)19(2)12-13-6-8-14(16)9-7-13;/h6-9H,4-5,10-12H2,1-3H3,(H,17,18);1H. The second-order valence-electron chi connectivity index (χ2n) is 4.56. The Morgan fingerprint density at radius 3 is 2.57 bits per heavy atom. The zero-order valence-electron chi connectivity index (χ0n) is 12.9. The molecule has 120 valence electrons. The summed E-state index contributed by atoms with van der Waals surface area (Å²) in [6, 6.07) is 6.60. The van der Waals surface area contributed by atoms with Crippen molar-refractivity contribution in [3.8, 4) is 0 Å². The molecule has 0 radical (unpaired) electrons. The summed E-state index contributed by atoms with van der Waals surface area (Å²) < 4.78 is 12.9. The van der Waals surface area contributed by atoms with E-state index in [4.69, 9.17) is 0 Å². The molecule has 1 rings (SSSR count). The van der Waals surface area contributed by atoms with Crippen molar-refractivity contribution < 1.29 is 4.39 Å². The number of aliphatic imine (C=N–C) groups is 1. The summed E-state index contributed by atoms with van der Waals surface area (Å²) in [6.07, 6.45) is 3.19. The Labute approximate surface area is 148 Å². The van der Waals surface area contributed by atoms with Gasteiger partial charge < -0.3 is 10.2 Å². The van der Waals surface area contributed by atoms with Crippen molar-refractivity contribution in [3.63, 3.8) is 0 Å². The van der Waals surface area contributed by atoms with Gasteiger partial charge in [0.05, 0.1) is 0 Å². The molecule has 0 fully saturated rings. The number of nitrogens with one attached hydrogen (secondary N) is 1. The van der Waals surface area contributed by atoms with Crippen molar-refractivity contribution in [1.29, 1.82) is 0 Å². The maximum atomic E-state index is 12.9. The Morgan fingerprint density at radius 1 is 1.33 bits per heavy atom. The van der Waals surface area contributed by atoms with Gasteiger partial charge in [-0.05, 0) is 43.0 Å². The molecule has 0 saturated carbocycles. The highest BCUT2D eigenvalue weighted by molar-refractivity contribution is 14.0. The Bertz CT molecular complexity index is 412. The maximum absolute atomic E-state index is 12.9. The molecule has 0 aliphatic rings. The van der Waals surface area contributed by atoms with Gasteiger partial charge in [0.25, 0.3) is 0 Å². The summed E-state index contributed by atoms with van der Waals surface area (Å²) in [7, 11) is 2.00. The quantitative estimate of drug-likeness (QED) is 0.313. The van der Waals surface area contributed by atoms with Gasteiger partial charge in [0, 0.05) is 26.7 Å². The van der Waals surface area contributed by atoms with Crippen molar-refractivity contribution >= 4 is 41.7 Å². The van der Waals surface area contributed by atoms with Gasteiger partial charge in [-0.25, -0.2) is 4.39 Å². The average molecular weight is 425 g/mol. The van der Waals surface area contributed by atoms with E-state index >= 15 is 0 Å². The maximum Gasteiger partial charge on any atom is 0.193 e. The van der Waals surface area contributed by atoms with Crippen molar-refractivity contribution in [2.75, 3.05) is 32.1 Å². The van der Waals surface area contributed by atoms with Crippen molar-refractivity contribution in [1.82, 2.24) is 10.2 Å². The monoisotopic (exact) mass is 425 g/mol. The fourth-order valence-corrected chi connectivity index (χ4v) is 2.22. The molecule has 0 amide bonds. The highest BCUT2D eigenvalue weighted by Gasteiger charge is 2.06. The molecule has 0 spiro atoms. The Hall–Kier alpha value is -0.500. The minimum Gasteiger partial charge on any atom is -0.357 e. The number of thioether (sulfide) groups is 1. The Balaban J connectivity index is 0.00000400. The van der Waals surface area contributed by atoms with Crippen molar-refractivity contribution in [2.45, 2.75) is 19.9 Å². The summed E-state index contributed by atoms with van der Waals surface area (Å²) in [4.78, 5) is 6.67. The van der Waals surface area contributed by atoms with E-state index in [2.05, 4.69) is 28.4 Å². The highest BCUT2D eigenvalue weighted by atomic mass is 127. The summed E-state index contributed by atoms with van der Waals surface area (Å²) in [5.41, 5.74) is 1.07. The van der Waals surface area contributed by atoms with Crippen LogP contribution in [0, 0.1) is 5.82 Å². The molecule has 0 aliphatic heterocycles. The van der Waals surface area contributed by atoms with E-state index in [9.17, 15) is 4.39 Å². The number of halogens is 2. The van der Waals surface area contributed by atoms with Gasteiger partial charge in [0.1, 0.15) is 5.82 Å². The molecule has 21 heavy (non-hydrogen) atoms. The molecule has 0 bridgehead atoms. The van der Waals surface area contributed by atoms with Crippen LogP contribution in [0.4, 0.5) is 4.39 Å².